The predicted molar refractivity (Wildman–Crippen MR) is 121 cm³/mol. The maximum atomic E-state index is 15.5. The third-order valence-electron chi connectivity index (χ3n) is 5.62. The lowest BCUT2D eigenvalue weighted by Crippen LogP contribution is -2.43. The molecule has 0 saturated carbocycles. The molecule has 0 bridgehead atoms. The average Bonchev–Trinajstić information content (AvgIpc) is 3.17. The van der Waals surface area contributed by atoms with Crippen LogP contribution in [-0.2, 0) is 27.5 Å². The van der Waals surface area contributed by atoms with Gasteiger partial charge in [0.1, 0.15) is 12.8 Å². The first-order valence-electron chi connectivity index (χ1n) is 11.0. The Morgan fingerprint density at radius 3 is 2.38 bits per heavy atom. The van der Waals surface area contributed by atoms with Crippen LogP contribution in [0.2, 0.25) is 0 Å². The minimum Gasteiger partial charge on any atom is -0.453 e. The SMILES string of the molecule is CC[C@H]1O[C@@H](n2ccc(=O)n(COCc3ccccc3)c2=O)[C@@H](F)C1OC(=O)c1ccccc1. The van der Waals surface area contributed by atoms with Crippen molar-refractivity contribution in [2.24, 2.45) is 0 Å². The van der Waals surface area contributed by atoms with Gasteiger partial charge in [-0.3, -0.25) is 9.36 Å². The Bertz CT molecular complexity index is 1230. The zero-order valence-corrected chi connectivity index (χ0v) is 18.6. The van der Waals surface area contributed by atoms with Crippen LogP contribution in [0.25, 0.3) is 0 Å². The normalized spacial score (nSPS) is 21.9. The lowest BCUT2D eigenvalue weighted by atomic mass is 10.1. The smallest absolute Gasteiger partial charge is 0.338 e. The van der Waals surface area contributed by atoms with Gasteiger partial charge in [0.15, 0.2) is 18.5 Å². The molecule has 1 fully saturated rings. The van der Waals surface area contributed by atoms with Crippen LogP contribution in [0.15, 0.2) is 82.5 Å². The molecule has 0 amide bonds. The molecule has 3 aromatic rings. The van der Waals surface area contributed by atoms with Crippen molar-refractivity contribution in [3.63, 3.8) is 0 Å². The van der Waals surface area contributed by atoms with Crippen molar-refractivity contribution in [3.05, 3.63) is 105 Å². The number of halogens is 1. The molecule has 1 aromatic heterocycles. The van der Waals surface area contributed by atoms with E-state index in [0.717, 1.165) is 20.8 Å². The molecule has 4 rings (SSSR count). The Kier molecular flexibility index (Phi) is 7.34. The Morgan fingerprint density at radius 2 is 1.71 bits per heavy atom. The van der Waals surface area contributed by atoms with Crippen LogP contribution < -0.4 is 11.2 Å². The highest BCUT2D eigenvalue weighted by atomic mass is 19.1. The first-order valence-corrected chi connectivity index (χ1v) is 11.0. The lowest BCUT2D eigenvalue weighted by molar-refractivity contribution is -0.0344. The van der Waals surface area contributed by atoms with Gasteiger partial charge in [-0.05, 0) is 24.1 Å². The molecule has 4 atom stereocenters. The van der Waals surface area contributed by atoms with E-state index >= 15 is 4.39 Å². The second-order valence-electron chi connectivity index (χ2n) is 7.89. The molecule has 1 aliphatic heterocycles. The van der Waals surface area contributed by atoms with E-state index in [9.17, 15) is 14.4 Å². The molecule has 9 heteroatoms. The highest BCUT2D eigenvalue weighted by Crippen LogP contribution is 2.34. The first-order chi connectivity index (χ1) is 16.5. The topological polar surface area (TPSA) is 88.8 Å². The molecular weight excluding hydrogens is 443 g/mol. The first kappa shape index (κ1) is 23.6. The van der Waals surface area contributed by atoms with E-state index in [1.54, 1.807) is 37.3 Å². The van der Waals surface area contributed by atoms with E-state index in [4.69, 9.17) is 14.2 Å². The summed E-state index contributed by atoms with van der Waals surface area (Å²) >= 11 is 0. The van der Waals surface area contributed by atoms with Gasteiger partial charge in [-0.1, -0.05) is 55.5 Å². The zero-order valence-electron chi connectivity index (χ0n) is 18.6. The Labute approximate surface area is 195 Å². The predicted octanol–water partition coefficient (Wildman–Crippen LogP) is 3.06. The van der Waals surface area contributed by atoms with E-state index in [2.05, 4.69) is 0 Å². The van der Waals surface area contributed by atoms with E-state index < -0.39 is 41.8 Å². The summed E-state index contributed by atoms with van der Waals surface area (Å²) in [5.41, 5.74) is -0.196. The summed E-state index contributed by atoms with van der Waals surface area (Å²) in [5, 5.41) is 0. The number of nitrogens with zero attached hydrogens (tertiary/aromatic N) is 2. The van der Waals surface area contributed by atoms with Gasteiger partial charge >= 0.3 is 11.7 Å². The second-order valence-corrected chi connectivity index (χ2v) is 7.89. The molecule has 1 saturated heterocycles. The van der Waals surface area contributed by atoms with Crippen LogP contribution in [0.3, 0.4) is 0 Å². The summed E-state index contributed by atoms with van der Waals surface area (Å²) in [6, 6.07) is 18.7. The number of benzene rings is 2. The molecule has 34 heavy (non-hydrogen) atoms. The number of alkyl halides is 1. The van der Waals surface area contributed by atoms with Crippen LogP contribution >= 0.6 is 0 Å². The van der Waals surface area contributed by atoms with E-state index in [1.165, 1.54) is 6.20 Å². The van der Waals surface area contributed by atoms with Crippen LogP contribution in [0.5, 0.6) is 0 Å². The standard InChI is InChI=1S/C25H25FN2O6/c1-2-19-22(34-24(30)18-11-7-4-8-12-18)21(26)23(33-19)27-14-13-20(29)28(25(27)31)16-32-15-17-9-5-3-6-10-17/h3-14,19,21-23H,2,15-16H2,1H3/t19-,21+,22?,23-/m1/s1. The van der Waals surface area contributed by atoms with Crippen LogP contribution in [0, 0.1) is 0 Å². The maximum absolute atomic E-state index is 15.5. The summed E-state index contributed by atoms with van der Waals surface area (Å²) in [4.78, 5) is 37.8. The highest BCUT2D eigenvalue weighted by Gasteiger charge is 2.48. The fraction of sp³-hybridized carbons (Fsp3) is 0.320. The van der Waals surface area contributed by atoms with Gasteiger partial charge < -0.3 is 14.2 Å². The van der Waals surface area contributed by atoms with Gasteiger partial charge in [0.2, 0.25) is 0 Å². The molecule has 0 N–H and O–H groups in total. The molecule has 1 unspecified atom stereocenters. The average molecular weight is 468 g/mol. The number of esters is 1. The summed E-state index contributed by atoms with van der Waals surface area (Å²) in [6.07, 6.45) is -3.58. The fourth-order valence-corrected chi connectivity index (χ4v) is 3.83. The van der Waals surface area contributed by atoms with E-state index in [-0.39, 0.29) is 18.9 Å². The Morgan fingerprint density at radius 1 is 1.03 bits per heavy atom. The van der Waals surface area contributed by atoms with Crippen molar-refractivity contribution in [2.45, 2.75) is 51.3 Å². The largest absolute Gasteiger partial charge is 0.453 e. The van der Waals surface area contributed by atoms with Crippen LogP contribution in [0.4, 0.5) is 4.39 Å². The van der Waals surface area contributed by atoms with Crippen molar-refractivity contribution in [2.75, 3.05) is 0 Å². The minimum absolute atomic E-state index is 0.197. The van der Waals surface area contributed by atoms with Gasteiger partial charge in [0.05, 0.1) is 12.2 Å². The van der Waals surface area contributed by atoms with Crippen molar-refractivity contribution >= 4 is 5.97 Å². The highest BCUT2D eigenvalue weighted by molar-refractivity contribution is 5.89. The minimum atomic E-state index is -1.81. The van der Waals surface area contributed by atoms with Crippen molar-refractivity contribution in [1.29, 1.82) is 0 Å². The van der Waals surface area contributed by atoms with Gasteiger partial charge in [0, 0.05) is 12.3 Å². The quantitative estimate of drug-likeness (QED) is 0.472. The molecule has 0 spiro atoms. The number of rotatable bonds is 8. The summed E-state index contributed by atoms with van der Waals surface area (Å²) in [7, 11) is 0. The second kappa shape index (κ2) is 10.6. The van der Waals surface area contributed by atoms with Crippen molar-refractivity contribution in [3.8, 4) is 0 Å². The van der Waals surface area contributed by atoms with Gasteiger partial charge in [-0.2, -0.15) is 0 Å². The third-order valence-corrected chi connectivity index (χ3v) is 5.62. The van der Waals surface area contributed by atoms with Gasteiger partial charge in [0.25, 0.3) is 5.56 Å². The molecule has 0 aliphatic carbocycles. The molecular formula is C25H25FN2O6. The number of carbonyl (C=O) groups is 1. The van der Waals surface area contributed by atoms with Crippen LogP contribution in [0.1, 0.15) is 35.5 Å². The third kappa shape index (κ3) is 5.00. The van der Waals surface area contributed by atoms with E-state index in [1.807, 2.05) is 30.3 Å². The molecule has 8 nitrogen and oxygen atoms in total. The number of hydrogen-bond acceptors (Lipinski definition) is 6. The zero-order chi connectivity index (χ0) is 24.1. The van der Waals surface area contributed by atoms with Gasteiger partial charge in [-0.25, -0.2) is 18.5 Å². The lowest BCUT2D eigenvalue weighted by Gasteiger charge is -2.19. The Balaban J connectivity index is 1.51. The maximum Gasteiger partial charge on any atom is 0.338 e. The molecule has 0 radical (unpaired) electrons. The number of ether oxygens (including phenoxy) is 3. The summed E-state index contributed by atoms with van der Waals surface area (Å²) in [6.45, 7) is 1.66. The van der Waals surface area contributed by atoms with Gasteiger partial charge in [-0.15, -0.1) is 0 Å². The monoisotopic (exact) mass is 468 g/mol. The number of hydrogen-bond donors (Lipinski definition) is 0. The summed E-state index contributed by atoms with van der Waals surface area (Å²) in [5.74, 6) is -0.678. The molecule has 2 aromatic carbocycles. The fourth-order valence-electron chi connectivity index (χ4n) is 3.83. The molecule has 1 aliphatic rings. The number of aromatic nitrogens is 2. The van der Waals surface area contributed by atoms with E-state index in [0.29, 0.717) is 6.42 Å². The molecule has 178 valence electrons. The number of carbonyl (C=O) groups excluding carboxylic acids is 1. The van der Waals surface area contributed by atoms with Crippen molar-refractivity contribution < 1.29 is 23.4 Å². The Hall–Kier alpha value is -3.56. The van der Waals surface area contributed by atoms with Crippen molar-refractivity contribution in [1.82, 2.24) is 9.13 Å². The van der Waals surface area contributed by atoms with Crippen LogP contribution in [-0.4, -0.2) is 33.5 Å². The molecule has 2 heterocycles. The summed E-state index contributed by atoms with van der Waals surface area (Å²) < 4.78 is 34.0.